The Kier molecular flexibility index (Phi) is 3.24. The van der Waals surface area contributed by atoms with Crippen LogP contribution in [0.3, 0.4) is 0 Å². The number of alkyl halides is 2. The van der Waals surface area contributed by atoms with E-state index in [0.717, 1.165) is 6.92 Å². The fourth-order valence-corrected chi connectivity index (χ4v) is 0.989. The number of benzene rings is 1. The normalized spacial score (nSPS) is 11.1. The van der Waals surface area contributed by atoms with Crippen molar-refractivity contribution in [2.75, 3.05) is 6.61 Å². The van der Waals surface area contributed by atoms with Gasteiger partial charge in [0.1, 0.15) is 5.75 Å². The molecule has 0 aliphatic carbocycles. The summed E-state index contributed by atoms with van der Waals surface area (Å²) >= 11 is 0. The van der Waals surface area contributed by atoms with Gasteiger partial charge in [0.05, 0.1) is 0 Å². The van der Waals surface area contributed by atoms with Gasteiger partial charge in [-0.05, 0) is 24.3 Å². The van der Waals surface area contributed by atoms with E-state index in [0.29, 0.717) is 0 Å². The Hall–Kier alpha value is -1.65. The molecule has 1 aromatic carbocycles. The molecule has 0 unspecified atom stereocenters. The summed E-state index contributed by atoms with van der Waals surface area (Å²) in [4.78, 5) is 10.2. The van der Waals surface area contributed by atoms with Gasteiger partial charge in [-0.25, -0.2) is 13.6 Å². The van der Waals surface area contributed by atoms with E-state index in [2.05, 4.69) is 0 Å². The fourth-order valence-electron chi connectivity index (χ4n) is 0.989. The number of carbonyl (C=O) groups is 1. The van der Waals surface area contributed by atoms with Gasteiger partial charge in [0, 0.05) is 12.5 Å². The van der Waals surface area contributed by atoms with Crippen LogP contribution in [0.4, 0.5) is 8.78 Å². The molecule has 0 saturated carbocycles. The Morgan fingerprint density at radius 1 is 1.40 bits per heavy atom. The molecule has 0 aliphatic rings. The molecule has 0 bridgehead atoms. The highest BCUT2D eigenvalue weighted by molar-refractivity contribution is 5.68. The summed E-state index contributed by atoms with van der Waals surface area (Å²) in [6, 6.07) is 5.04. The first-order valence-electron chi connectivity index (χ1n) is 4.22. The zero-order valence-corrected chi connectivity index (χ0v) is 8.04. The van der Waals surface area contributed by atoms with E-state index in [9.17, 15) is 13.6 Å². The number of halogens is 2. The minimum atomic E-state index is -2.90. The molecular formula is C10H10F2O3. The maximum absolute atomic E-state index is 12.8. The number of rotatable bonds is 4. The van der Waals surface area contributed by atoms with Crippen molar-refractivity contribution in [3.05, 3.63) is 29.8 Å². The van der Waals surface area contributed by atoms with Gasteiger partial charge in [-0.2, -0.15) is 0 Å². The Balaban J connectivity index is 2.69. The minimum Gasteiger partial charge on any atom is -0.482 e. The van der Waals surface area contributed by atoms with Crippen LogP contribution in [0.2, 0.25) is 0 Å². The molecule has 0 spiro atoms. The molecule has 5 heteroatoms. The monoisotopic (exact) mass is 216 g/mol. The molecular weight excluding hydrogens is 206 g/mol. The summed E-state index contributed by atoms with van der Waals surface area (Å²) in [6.45, 7) is 0.308. The summed E-state index contributed by atoms with van der Waals surface area (Å²) in [5.74, 6) is -3.75. The highest BCUT2D eigenvalue weighted by Crippen LogP contribution is 2.28. The summed E-state index contributed by atoms with van der Waals surface area (Å²) in [5, 5.41) is 8.31. The van der Waals surface area contributed by atoms with Gasteiger partial charge in [-0.15, -0.1) is 0 Å². The van der Waals surface area contributed by atoms with Gasteiger partial charge in [-0.1, -0.05) is 0 Å². The zero-order valence-electron chi connectivity index (χ0n) is 8.04. The van der Waals surface area contributed by atoms with Crippen LogP contribution in [-0.4, -0.2) is 17.7 Å². The van der Waals surface area contributed by atoms with Crippen LogP contribution in [0, 0.1) is 0 Å². The first kappa shape index (κ1) is 11.4. The van der Waals surface area contributed by atoms with Crippen molar-refractivity contribution < 1.29 is 23.4 Å². The highest BCUT2D eigenvalue weighted by atomic mass is 19.3. The summed E-state index contributed by atoms with van der Waals surface area (Å²) < 4.78 is 30.3. The molecule has 15 heavy (non-hydrogen) atoms. The second-order valence-electron chi connectivity index (χ2n) is 3.10. The number of hydrogen-bond acceptors (Lipinski definition) is 2. The van der Waals surface area contributed by atoms with Crippen molar-refractivity contribution >= 4 is 5.97 Å². The molecule has 0 aromatic heterocycles. The number of carboxylic acids is 1. The Morgan fingerprint density at radius 3 is 2.33 bits per heavy atom. The lowest BCUT2D eigenvalue weighted by Crippen LogP contribution is -2.10. The van der Waals surface area contributed by atoms with Crippen LogP contribution in [0.5, 0.6) is 5.75 Å². The molecule has 1 rings (SSSR count). The van der Waals surface area contributed by atoms with Crippen LogP contribution in [-0.2, 0) is 10.7 Å². The largest absolute Gasteiger partial charge is 0.482 e. The van der Waals surface area contributed by atoms with Crippen LogP contribution in [0.25, 0.3) is 0 Å². The van der Waals surface area contributed by atoms with E-state index in [-0.39, 0.29) is 11.3 Å². The first-order chi connectivity index (χ1) is 6.89. The predicted molar refractivity (Wildman–Crippen MR) is 49.1 cm³/mol. The second kappa shape index (κ2) is 4.25. The van der Waals surface area contributed by atoms with Crippen LogP contribution >= 0.6 is 0 Å². The van der Waals surface area contributed by atoms with Crippen LogP contribution in [0.15, 0.2) is 24.3 Å². The fraction of sp³-hybridized carbons (Fsp3) is 0.300. The van der Waals surface area contributed by atoms with Crippen LogP contribution in [0.1, 0.15) is 12.5 Å². The lowest BCUT2D eigenvalue weighted by Gasteiger charge is -2.10. The smallest absolute Gasteiger partial charge is 0.341 e. The van der Waals surface area contributed by atoms with Gasteiger partial charge < -0.3 is 9.84 Å². The number of aliphatic carboxylic acids is 1. The van der Waals surface area contributed by atoms with Crippen molar-refractivity contribution in [3.63, 3.8) is 0 Å². The van der Waals surface area contributed by atoms with E-state index >= 15 is 0 Å². The SMILES string of the molecule is CC(F)(F)c1ccc(OCC(=O)O)cc1. The highest BCUT2D eigenvalue weighted by Gasteiger charge is 2.23. The average molecular weight is 216 g/mol. The van der Waals surface area contributed by atoms with Crippen molar-refractivity contribution in [2.45, 2.75) is 12.8 Å². The molecule has 82 valence electrons. The quantitative estimate of drug-likeness (QED) is 0.839. The van der Waals surface area contributed by atoms with E-state index in [1.165, 1.54) is 24.3 Å². The summed E-state index contributed by atoms with van der Waals surface area (Å²) in [5.41, 5.74) is -0.134. The maximum atomic E-state index is 12.8. The molecule has 0 radical (unpaired) electrons. The minimum absolute atomic E-state index is 0.134. The van der Waals surface area contributed by atoms with Gasteiger partial charge in [0.25, 0.3) is 5.92 Å². The number of carboxylic acid groups (broad SMARTS) is 1. The van der Waals surface area contributed by atoms with Crippen molar-refractivity contribution in [2.24, 2.45) is 0 Å². The molecule has 0 aliphatic heterocycles. The third-order valence-electron chi connectivity index (χ3n) is 1.72. The third-order valence-corrected chi connectivity index (χ3v) is 1.72. The standard InChI is InChI=1S/C10H10F2O3/c1-10(11,12)7-2-4-8(5-3-7)15-6-9(13)14/h2-5H,6H2,1H3,(H,13,14). The van der Waals surface area contributed by atoms with E-state index in [4.69, 9.17) is 9.84 Å². The Labute approximate surface area is 85.3 Å². The maximum Gasteiger partial charge on any atom is 0.341 e. The lowest BCUT2D eigenvalue weighted by atomic mass is 10.1. The van der Waals surface area contributed by atoms with Gasteiger partial charge >= 0.3 is 5.97 Å². The average Bonchev–Trinajstić information content (AvgIpc) is 2.14. The van der Waals surface area contributed by atoms with Crippen LogP contribution < -0.4 is 4.74 Å². The molecule has 0 heterocycles. The second-order valence-corrected chi connectivity index (χ2v) is 3.10. The zero-order chi connectivity index (χ0) is 11.5. The van der Waals surface area contributed by atoms with E-state index in [1.54, 1.807) is 0 Å². The predicted octanol–water partition coefficient (Wildman–Crippen LogP) is 2.26. The van der Waals surface area contributed by atoms with E-state index in [1.807, 2.05) is 0 Å². The molecule has 1 aromatic rings. The molecule has 3 nitrogen and oxygen atoms in total. The van der Waals surface area contributed by atoms with Crippen molar-refractivity contribution in [1.29, 1.82) is 0 Å². The lowest BCUT2D eigenvalue weighted by molar-refractivity contribution is -0.139. The van der Waals surface area contributed by atoms with E-state index < -0.39 is 18.5 Å². The van der Waals surface area contributed by atoms with Gasteiger partial charge in [0.2, 0.25) is 0 Å². The summed E-state index contributed by atoms with van der Waals surface area (Å²) in [7, 11) is 0. The van der Waals surface area contributed by atoms with Gasteiger partial charge in [0.15, 0.2) is 6.61 Å². The molecule has 1 N–H and O–H groups in total. The topological polar surface area (TPSA) is 46.5 Å². The third kappa shape index (κ3) is 3.53. The number of hydrogen-bond donors (Lipinski definition) is 1. The molecule has 0 fully saturated rings. The Bertz CT molecular complexity index is 341. The molecule has 0 atom stereocenters. The molecule has 0 amide bonds. The molecule has 0 saturated heterocycles. The van der Waals surface area contributed by atoms with Crippen molar-refractivity contribution in [3.8, 4) is 5.75 Å². The Morgan fingerprint density at radius 2 is 1.93 bits per heavy atom. The number of ether oxygens (including phenoxy) is 1. The van der Waals surface area contributed by atoms with Crippen molar-refractivity contribution in [1.82, 2.24) is 0 Å². The summed E-state index contributed by atoms with van der Waals surface area (Å²) in [6.07, 6.45) is 0. The van der Waals surface area contributed by atoms with Gasteiger partial charge in [-0.3, -0.25) is 0 Å². The first-order valence-corrected chi connectivity index (χ1v) is 4.22.